The number of likely N-dealkylation sites (tertiary alicyclic amines) is 2. The molecule has 8 heteroatoms. The summed E-state index contributed by atoms with van der Waals surface area (Å²) in [4.78, 5) is 28.0. The first-order valence-electron chi connectivity index (χ1n) is 24.8. The highest BCUT2D eigenvalue weighted by Gasteiger charge is 2.32. The van der Waals surface area contributed by atoms with Gasteiger partial charge < -0.3 is 19.3 Å². The zero-order chi connectivity index (χ0) is 45.4. The first-order valence-corrected chi connectivity index (χ1v) is 24.8. The molecule has 4 aliphatic rings. The van der Waals surface area contributed by atoms with Gasteiger partial charge in [0.25, 0.3) is 0 Å². The lowest BCUT2D eigenvalue weighted by Crippen LogP contribution is -2.36. The van der Waals surface area contributed by atoms with Gasteiger partial charge in [-0.25, -0.2) is 0 Å². The zero-order valence-corrected chi connectivity index (χ0v) is 40.2. The van der Waals surface area contributed by atoms with Crippen molar-refractivity contribution in [3.63, 3.8) is 0 Å². The second-order valence-electron chi connectivity index (χ2n) is 21.7. The number of ether oxygens (including phenoxy) is 3. The molecule has 2 saturated carbocycles. The normalized spacial score (nSPS) is 23.3. The van der Waals surface area contributed by atoms with Gasteiger partial charge in [-0.15, -0.1) is 0 Å². The molecule has 0 radical (unpaired) electrons. The van der Waals surface area contributed by atoms with Gasteiger partial charge in [-0.3, -0.25) is 19.4 Å². The van der Waals surface area contributed by atoms with E-state index in [-0.39, 0.29) is 17.8 Å². The molecule has 0 aromatic heterocycles. The number of aliphatic carboxylic acids is 1. The number of rotatable bonds is 11. The fraction of sp³-hybridized carbons (Fsp3) is 0.607. The van der Waals surface area contributed by atoms with Crippen LogP contribution in [-0.4, -0.2) is 71.8 Å². The molecule has 8 nitrogen and oxygen atoms in total. The van der Waals surface area contributed by atoms with Crippen LogP contribution < -0.4 is 9.47 Å². The van der Waals surface area contributed by atoms with Crippen LogP contribution in [0.4, 0.5) is 0 Å². The maximum absolute atomic E-state index is 12.0. The van der Waals surface area contributed by atoms with E-state index >= 15 is 0 Å². The molecular weight excluding hydrogens is 797 g/mol. The van der Waals surface area contributed by atoms with Crippen LogP contribution >= 0.6 is 0 Å². The third-order valence-electron chi connectivity index (χ3n) is 15.2. The summed E-state index contributed by atoms with van der Waals surface area (Å²) in [5.74, 6) is 2.84. The predicted octanol–water partition coefficient (Wildman–Crippen LogP) is 12.7. The maximum Gasteiger partial charge on any atom is 0.309 e. The van der Waals surface area contributed by atoms with Crippen molar-refractivity contribution in [3.8, 4) is 11.5 Å². The van der Waals surface area contributed by atoms with E-state index < -0.39 is 5.97 Å². The number of carboxylic acids is 1. The van der Waals surface area contributed by atoms with Gasteiger partial charge in [-0.1, -0.05) is 90.1 Å². The largest absolute Gasteiger partial charge is 0.490 e. The van der Waals surface area contributed by atoms with E-state index in [4.69, 9.17) is 14.2 Å². The van der Waals surface area contributed by atoms with Crippen LogP contribution in [0.2, 0.25) is 0 Å². The number of fused-ring (bicyclic) bond motifs is 2. The fourth-order valence-electron chi connectivity index (χ4n) is 10.9. The van der Waals surface area contributed by atoms with E-state index in [0.717, 1.165) is 114 Å². The zero-order valence-electron chi connectivity index (χ0n) is 40.2. The molecule has 348 valence electrons. The Morgan fingerprint density at radius 3 is 1.34 bits per heavy atom. The summed E-state index contributed by atoms with van der Waals surface area (Å²) in [6.45, 7) is 21.9. The summed E-state index contributed by atoms with van der Waals surface area (Å²) >= 11 is 0. The van der Waals surface area contributed by atoms with Gasteiger partial charge in [0.2, 0.25) is 0 Å². The lowest BCUT2D eigenvalue weighted by atomic mass is 9.72. The molecular formula is C56H78N2O6. The average Bonchev–Trinajstić information content (AvgIpc) is 3.27. The Morgan fingerprint density at radius 2 is 0.969 bits per heavy atom. The van der Waals surface area contributed by atoms with E-state index in [0.29, 0.717) is 29.6 Å². The van der Waals surface area contributed by atoms with Crippen molar-refractivity contribution < 1.29 is 28.9 Å². The minimum atomic E-state index is -0.648. The number of hydrogen-bond donors (Lipinski definition) is 1. The molecule has 2 aliphatic heterocycles. The van der Waals surface area contributed by atoms with Crippen LogP contribution in [0.3, 0.4) is 0 Å². The van der Waals surface area contributed by atoms with Crippen LogP contribution in [-0.2, 0) is 27.4 Å². The van der Waals surface area contributed by atoms with Gasteiger partial charge in [0.15, 0.2) is 0 Å². The molecule has 4 aromatic rings. The number of benzene rings is 4. The van der Waals surface area contributed by atoms with Crippen LogP contribution in [0.5, 0.6) is 11.5 Å². The van der Waals surface area contributed by atoms with E-state index in [2.05, 4.69) is 124 Å². The Kier molecular flexibility index (Phi) is 16.0. The molecule has 64 heavy (non-hydrogen) atoms. The summed E-state index contributed by atoms with van der Waals surface area (Å²) in [6, 6.07) is 26.2. The number of esters is 1. The molecule has 0 bridgehead atoms. The topological polar surface area (TPSA) is 88.5 Å². The Hall–Kier alpha value is -4.14. The van der Waals surface area contributed by atoms with Crippen LogP contribution in [0.1, 0.15) is 137 Å². The van der Waals surface area contributed by atoms with Crippen molar-refractivity contribution in [3.05, 3.63) is 83.9 Å². The van der Waals surface area contributed by atoms with E-state index in [1.54, 1.807) is 0 Å². The number of nitrogens with zero attached hydrogens (tertiary/aromatic N) is 2. The van der Waals surface area contributed by atoms with Gasteiger partial charge in [-0.05, 0) is 179 Å². The van der Waals surface area contributed by atoms with Crippen LogP contribution in [0, 0.1) is 34.5 Å². The Labute approximate surface area is 384 Å². The van der Waals surface area contributed by atoms with E-state index in [1.807, 2.05) is 6.92 Å². The Morgan fingerprint density at radius 1 is 0.562 bits per heavy atom. The van der Waals surface area contributed by atoms with E-state index in [1.165, 1.54) is 58.4 Å². The summed E-state index contributed by atoms with van der Waals surface area (Å²) in [5, 5.41) is 14.1. The third kappa shape index (κ3) is 12.8. The van der Waals surface area contributed by atoms with Gasteiger partial charge in [0.1, 0.15) is 11.5 Å². The minimum Gasteiger partial charge on any atom is -0.490 e. The van der Waals surface area contributed by atoms with Crippen LogP contribution in [0.25, 0.3) is 21.5 Å². The van der Waals surface area contributed by atoms with Gasteiger partial charge >= 0.3 is 11.9 Å². The number of piperidine rings is 2. The standard InChI is InChI=1S/C29H41NO3.C27H37NO3/c1-5-32-28(31)22-15-17-30(18-16-22)20-21-9-14-26-23(19-21)7-6-8-27(26)33-25-12-10-24(11-13-25)29(2,3)4;1-27(2,3)22-8-10-23(11-9-22)31-25-6-4-5-21-17-19(7-12-24(21)25)18-28-15-13-20(14-16-28)26(29)30/h6-9,14,19,22,24-25H,5,10-13,15-18,20H2,1-4H3;4-7,12,17,20,22-23H,8-11,13-16,18H2,1-3H3,(H,29,30). The SMILES string of the molecule is CC(C)(C)C1CCC(Oc2cccc3cc(CN4CCC(C(=O)O)CC4)ccc23)CC1.CCOC(=O)C1CCN(Cc2ccc3c(OC4CCC(C(C)(C)C)CC4)cccc3c2)CC1. The van der Waals surface area contributed by atoms with E-state index in [9.17, 15) is 14.7 Å². The number of hydrogen-bond acceptors (Lipinski definition) is 7. The first kappa shape index (κ1) is 47.8. The molecule has 0 spiro atoms. The Balaban J connectivity index is 0.000000192. The second kappa shape index (κ2) is 21.4. The second-order valence-corrected chi connectivity index (χ2v) is 21.7. The van der Waals surface area contributed by atoms with Gasteiger partial charge in [-0.2, -0.15) is 0 Å². The van der Waals surface area contributed by atoms with Gasteiger partial charge in [0, 0.05) is 23.9 Å². The van der Waals surface area contributed by atoms with Crippen molar-refractivity contribution in [2.45, 2.75) is 151 Å². The van der Waals surface area contributed by atoms with Crippen LogP contribution in [0.15, 0.2) is 72.8 Å². The van der Waals surface area contributed by atoms with Crippen molar-refractivity contribution in [1.29, 1.82) is 0 Å². The molecule has 4 aromatic carbocycles. The molecule has 0 atom stereocenters. The van der Waals surface area contributed by atoms with Crippen molar-refractivity contribution in [2.75, 3.05) is 32.8 Å². The lowest BCUT2D eigenvalue weighted by molar-refractivity contribution is -0.149. The maximum atomic E-state index is 12.0. The first-order chi connectivity index (χ1) is 30.6. The molecule has 8 rings (SSSR count). The number of carbonyl (C=O) groups excluding carboxylic acids is 1. The highest BCUT2D eigenvalue weighted by molar-refractivity contribution is 5.89. The molecule has 2 aliphatic carbocycles. The molecule has 4 fully saturated rings. The summed E-state index contributed by atoms with van der Waals surface area (Å²) < 4.78 is 18.2. The number of carboxylic acid groups (broad SMARTS) is 1. The molecule has 2 heterocycles. The fourth-order valence-corrected chi connectivity index (χ4v) is 10.9. The summed E-state index contributed by atoms with van der Waals surface area (Å²) in [7, 11) is 0. The highest BCUT2D eigenvalue weighted by Crippen LogP contribution is 2.41. The van der Waals surface area contributed by atoms with Crippen molar-refractivity contribution in [2.24, 2.45) is 34.5 Å². The highest BCUT2D eigenvalue weighted by atomic mass is 16.5. The quantitative estimate of drug-likeness (QED) is 0.149. The van der Waals surface area contributed by atoms with Gasteiger partial charge in [0.05, 0.1) is 30.7 Å². The lowest BCUT2D eigenvalue weighted by Gasteiger charge is -2.37. The Bertz CT molecular complexity index is 2140. The smallest absolute Gasteiger partial charge is 0.309 e. The molecule has 1 N–H and O–H groups in total. The predicted molar refractivity (Wildman–Crippen MR) is 260 cm³/mol. The monoisotopic (exact) mass is 875 g/mol. The van der Waals surface area contributed by atoms with Crippen molar-refractivity contribution in [1.82, 2.24) is 9.80 Å². The summed E-state index contributed by atoms with van der Waals surface area (Å²) in [6.07, 6.45) is 13.5. The summed E-state index contributed by atoms with van der Waals surface area (Å²) in [5.41, 5.74) is 3.39. The molecule has 0 amide bonds. The molecule has 0 unspecified atom stereocenters. The molecule has 2 saturated heterocycles. The minimum absolute atomic E-state index is 0.0257. The average molecular weight is 875 g/mol. The third-order valence-corrected chi connectivity index (χ3v) is 15.2. The van der Waals surface area contributed by atoms with Crippen molar-refractivity contribution >= 4 is 33.5 Å². The number of carbonyl (C=O) groups is 2.